The highest BCUT2D eigenvalue weighted by Crippen LogP contribution is 2.14. The van der Waals surface area contributed by atoms with E-state index in [-0.39, 0.29) is 18.4 Å². The molecular weight excluding hydrogens is 284 g/mol. The lowest BCUT2D eigenvalue weighted by atomic mass is 10.2. The Kier molecular flexibility index (Phi) is 4.06. The minimum Gasteiger partial charge on any atom is -0.383 e. The molecule has 0 radical (unpaired) electrons. The molecule has 1 aromatic heterocycles. The number of aliphatic hydroxyl groups excluding tert-OH is 1. The Morgan fingerprint density at radius 3 is 3.05 bits per heavy atom. The molecule has 0 spiro atoms. The van der Waals surface area contributed by atoms with E-state index in [1.807, 2.05) is 24.3 Å². The number of imidazole rings is 1. The number of amides is 2. The molecule has 0 saturated carbocycles. The number of nitrogens with zero attached hydrogens (tertiary/aromatic N) is 2. The number of carbonyl (C=O) groups is 2. The Labute approximate surface area is 127 Å². The van der Waals surface area contributed by atoms with Crippen molar-refractivity contribution in [3.63, 3.8) is 0 Å². The number of aromatic amines is 1. The number of benzene rings is 1. The summed E-state index contributed by atoms with van der Waals surface area (Å²) in [5.41, 5.74) is 1.60. The van der Waals surface area contributed by atoms with Crippen LogP contribution < -0.4 is 5.32 Å². The number of hydrogen-bond acceptors (Lipinski definition) is 4. The van der Waals surface area contributed by atoms with Crippen molar-refractivity contribution >= 4 is 28.8 Å². The van der Waals surface area contributed by atoms with Crippen LogP contribution >= 0.6 is 0 Å². The van der Waals surface area contributed by atoms with Crippen LogP contribution in [-0.2, 0) is 9.59 Å². The summed E-state index contributed by atoms with van der Waals surface area (Å²) in [4.78, 5) is 32.7. The number of para-hydroxylation sites is 2. The summed E-state index contributed by atoms with van der Waals surface area (Å²) in [6.45, 7) is 0.413. The van der Waals surface area contributed by atoms with Gasteiger partial charge in [0.25, 0.3) is 5.91 Å². The van der Waals surface area contributed by atoms with Crippen molar-refractivity contribution in [3.8, 4) is 0 Å². The Morgan fingerprint density at radius 1 is 1.41 bits per heavy atom. The number of rotatable bonds is 3. The van der Waals surface area contributed by atoms with Crippen LogP contribution in [-0.4, -0.2) is 51.0 Å². The van der Waals surface area contributed by atoms with Gasteiger partial charge in [-0.15, -0.1) is 0 Å². The fraction of sp³-hybridized carbons (Fsp3) is 0.400. The van der Waals surface area contributed by atoms with E-state index >= 15 is 0 Å². The number of hydrogen-bond donors (Lipinski definition) is 3. The van der Waals surface area contributed by atoms with Gasteiger partial charge >= 0.3 is 0 Å². The lowest BCUT2D eigenvalue weighted by molar-refractivity contribution is -0.141. The number of nitrogens with one attached hydrogen (secondary N) is 2. The maximum absolute atomic E-state index is 12.1. The number of H-pyrrole nitrogens is 1. The molecule has 2 heterocycles. The van der Waals surface area contributed by atoms with Gasteiger partial charge in [0.2, 0.25) is 11.9 Å². The van der Waals surface area contributed by atoms with Crippen molar-refractivity contribution in [2.45, 2.75) is 25.4 Å². The van der Waals surface area contributed by atoms with E-state index < -0.39 is 6.10 Å². The first kappa shape index (κ1) is 14.5. The number of aliphatic hydroxyl groups is 1. The highest BCUT2D eigenvalue weighted by atomic mass is 16.3. The van der Waals surface area contributed by atoms with Crippen LogP contribution in [0.2, 0.25) is 0 Å². The van der Waals surface area contributed by atoms with Crippen molar-refractivity contribution in [3.05, 3.63) is 24.3 Å². The van der Waals surface area contributed by atoms with Gasteiger partial charge in [-0.25, -0.2) is 4.98 Å². The van der Waals surface area contributed by atoms with Crippen LogP contribution in [0.25, 0.3) is 11.0 Å². The molecular formula is C15H18N4O3. The molecule has 1 aliphatic heterocycles. The minimum atomic E-state index is -0.999. The van der Waals surface area contributed by atoms with E-state index in [2.05, 4.69) is 15.3 Å². The summed E-state index contributed by atoms with van der Waals surface area (Å²) in [5, 5.41) is 12.3. The Balaban J connectivity index is 1.65. The topological polar surface area (TPSA) is 98.3 Å². The molecule has 1 atom stereocenters. The number of anilines is 1. The fourth-order valence-corrected chi connectivity index (χ4v) is 2.60. The van der Waals surface area contributed by atoms with Crippen LogP contribution in [0.4, 0.5) is 5.95 Å². The molecule has 0 bridgehead atoms. The minimum absolute atomic E-state index is 0.0764. The second kappa shape index (κ2) is 6.15. The van der Waals surface area contributed by atoms with E-state index in [4.69, 9.17) is 0 Å². The third-order valence-electron chi connectivity index (χ3n) is 3.73. The number of carbonyl (C=O) groups excluding carboxylic acids is 2. The zero-order valence-corrected chi connectivity index (χ0v) is 12.1. The third-order valence-corrected chi connectivity index (χ3v) is 3.73. The van der Waals surface area contributed by atoms with Crippen molar-refractivity contribution in [2.75, 3.05) is 18.4 Å². The molecule has 2 amide bonds. The fourth-order valence-electron chi connectivity index (χ4n) is 2.60. The van der Waals surface area contributed by atoms with Crippen molar-refractivity contribution in [2.24, 2.45) is 0 Å². The van der Waals surface area contributed by atoms with Crippen molar-refractivity contribution < 1.29 is 14.7 Å². The molecule has 116 valence electrons. The Morgan fingerprint density at radius 2 is 2.23 bits per heavy atom. The molecule has 22 heavy (non-hydrogen) atoms. The third kappa shape index (κ3) is 3.09. The summed E-state index contributed by atoms with van der Waals surface area (Å²) in [6, 6.07) is 7.46. The molecule has 1 unspecified atom stereocenters. The van der Waals surface area contributed by atoms with Gasteiger partial charge in [0.05, 0.1) is 11.0 Å². The van der Waals surface area contributed by atoms with Crippen LogP contribution in [0.3, 0.4) is 0 Å². The van der Waals surface area contributed by atoms with E-state index in [1.54, 1.807) is 0 Å². The van der Waals surface area contributed by atoms with Gasteiger partial charge < -0.3 is 15.0 Å². The van der Waals surface area contributed by atoms with Gasteiger partial charge in [0, 0.05) is 6.54 Å². The summed E-state index contributed by atoms with van der Waals surface area (Å²) < 4.78 is 0. The highest BCUT2D eigenvalue weighted by Gasteiger charge is 2.26. The standard InChI is InChI=1S/C15H18N4O3/c20-12-7-3-4-8-19(14(12)22)9-13(21)18-15-16-10-5-1-2-6-11(10)17-15/h1-2,5-6,12,20H,3-4,7-9H2,(H2,16,17,18,21). The highest BCUT2D eigenvalue weighted by molar-refractivity contribution is 5.95. The van der Waals surface area contributed by atoms with Gasteiger partial charge in [-0.2, -0.15) is 0 Å². The maximum Gasteiger partial charge on any atom is 0.251 e. The Hall–Kier alpha value is -2.41. The SMILES string of the molecule is O=C(CN1CCCCC(O)C1=O)Nc1nc2ccccc2[nH]1. The van der Waals surface area contributed by atoms with Gasteiger partial charge in [-0.3, -0.25) is 14.9 Å². The smallest absolute Gasteiger partial charge is 0.251 e. The van der Waals surface area contributed by atoms with Crippen molar-refractivity contribution in [1.29, 1.82) is 0 Å². The van der Waals surface area contributed by atoms with E-state index in [9.17, 15) is 14.7 Å². The predicted octanol–water partition coefficient (Wildman–Crippen LogP) is 0.875. The summed E-state index contributed by atoms with van der Waals surface area (Å²) >= 11 is 0. The number of likely N-dealkylation sites (tertiary alicyclic amines) is 1. The van der Waals surface area contributed by atoms with E-state index in [0.29, 0.717) is 18.9 Å². The van der Waals surface area contributed by atoms with Crippen LogP contribution in [0.15, 0.2) is 24.3 Å². The van der Waals surface area contributed by atoms with Crippen LogP contribution in [0, 0.1) is 0 Å². The number of aromatic nitrogens is 2. The second-order valence-corrected chi connectivity index (χ2v) is 5.42. The average Bonchev–Trinajstić information content (AvgIpc) is 2.84. The quantitative estimate of drug-likeness (QED) is 0.783. The molecule has 3 N–H and O–H groups in total. The molecule has 2 aromatic rings. The van der Waals surface area contributed by atoms with Gasteiger partial charge in [0.1, 0.15) is 12.6 Å². The molecule has 1 saturated heterocycles. The summed E-state index contributed by atoms with van der Waals surface area (Å²) in [5.74, 6) is -0.354. The van der Waals surface area contributed by atoms with Gasteiger partial charge in [-0.1, -0.05) is 12.1 Å². The first-order valence-corrected chi connectivity index (χ1v) is 7.35. The van der Waals surface area contributed by atoms with Crippen LogP contribution in [0.5, 0.6) is 0 Å². The van der Waals surface area contributed by atoms with E-state index in [1.165, 1.54) is 4.90 Å². The zero-order chi connectivity index (χ0) is 15.5. The van der Waals surface area contributed by atoms with Gasteiger partial charge in [-0.05, 0) is 31.4 Å². The zero-order valence-electron chi connectivity index (χ0n) is 12.1. The molecule has 1 fully saturated rings. The van der Waals surface area contributed by atoms with E-state index in [0.717, 1.165) is 23.9 Å². The predicted molar refractivity (Wildman–Crippen MR) is 81.2 cm³/mol. The molecule has 0 aliphatic carbocycles. The average molecular weight is 302 g/mol. The van der Waals surface area contributed by atoms with Crippen molar-refractivity contribution in [1.82, 2.24) is 14.9 Å². The van der Waals surface area contributed by atoms with Gasteiger partial charge in [0.15, 0.2) is 0 Å². The first-order chi connectivity index (χ1) is 10.6. The molecule has 7 nitrogen and oxygen atoms in total. The molecule has 1 aliphatic rings. The largest absolute Gasteiger partial charge is 0.383 e. The van der Waals surface area contributed by atoms with Crippen LogP contribution in [0.1, 0.15) is 19.3 Å². The number of fused-ring (bicyclic) bond motifs is 1. The monoisotopic (exact) mass is 302 g/mol. The second-order valence-electron chi connectivity index (χ2n) is 5.42. The Bertz CT molecular complexity index is 664. The lowest BCUT2D eigenvalue weighted by Crippen LogP contribution is -2.42. The normalized spacial score (nSPS) is 19.2. The summed E-state index contributed by atoms with van der Waals surface area (Å²) in [7, 11) is 0. The molecule has 7 heteroatoms. The maximum atomic E-state index is 12.1. The summed E-state index contributed by atoms with van der Waals surface area (Å²) in [6.07, 6.45) is 1.04. The molecule has 3 rings (SSSR count). The first-order valence-electron chi connectivity index (χ1n) is 7.35. The lowest BCUT2D eigenvalue weighted by Gasteiger charge is -2.21. The molecule has 1 aromatic carbocycles.